The quantitative estimate of drug-likeness (QED) is 0.408. The summed E-state index contributed by atoms with van der Waals surface area (Å²) in [4.78, 5) is 6.69. The molecule has 11 heteroatoms. The van der Waals surface area contributed by atoms with E-state index in [4.69, 9.17) is 0 Å². The van der Waals surface area contributed by atoms with E-state index in [1.165, 1.54) is 16.3 Å². The zero-order chi connectivity index (χ0) is 22.9. The molecule has 1 N–H and O–H groups in total. The Balaban J connectivity index is 0.000000501. The average Bonchev–Trinajstić information content (AvgIpc) is 3.09. The fourth-order valence-corrected chi connectivity index (χ4v) is 2.69. The maximum atomic E-state index is 9.22. The van der Waals surface area contributed by atoms with Gasteiger partial charge in [0.2, 0.25) is 10.4 Å². The Kier molecular flexibility index (Phi) is 9.06. The van der Waals surface area contributed by atoms with E-state index < -0.39 is 10.4 Å². The van der Waals surface area contributed by atoms with Crippen LogP contribution in [-0.4, -0.2) is 58.4 Å². The summed E-state index contributed by atoms with van der Waals surface area (Å²) in [6.45, 7) is 4.72. The van der Waals surface area contributed by atoms with E-state index >= 15 is 0 Å². The van der Waals surface area contributed by atoms with Gasteiger partial charge in [0.15, 0.2) is 6.67 Å². The van der Waals surface area contributed by atoms with Gasteiger partial charge in [-0.1, -0.05) is 30.3 Å². The van der Waals surface area contributed by atoms with Crippen molar-refractivity contribution in [2.75, 3.05) is 39.3 Å². The van der Waals surface area contributed by atoms with E-state index in [2.05, 4.69) is 67.6 Å². The topological polar surface area (TPSA) is 114 Å². The summed E-state index contributed by atoms with van der Waals surface area (Å²) in [7, 11) is 0.409. The van der Waals surface area contributed by atoms with Gasteiger partial charge in [0, 0.05) is 18.8 Å². The number of azo groups is 1. The standard InChI is InChI=1S/C19H24N6.CH4O4S/c1-4-25(14-16-8-6-5-7-9-16)18-12-10-17(11-13-18)21-22-19-20-15-23(2)24(19)3;1-5-6(2,3)4/h5-13H,4,14-15H2,1-3H3;1H3,(H,2,3,4). The van der Waals surface area contributed by atoms with Gasteiger partial charge in [0.1, 0.15) is 0 Å². The maximum absolute atomic E-state index is 9.22. The molecule has 1 aliphatic heterocycles. The number of aliphatic imine (C=N–C) groups is 1. The summed E-state index contributed by atoms with van der Waals surface area (Å²) in [5.41, 5.74) is 3.33. The second-order valence-corrected chi connectivity index (χ2v) is 7.85. The van der Waals surface area contributed by atoms with Crippen LogP contribution in [0.4, 0.5) is 11.4 Å². The van der Waals surface area contributed by atoms with Crippen LogP contribution >= 0.6 is 0 Å². The minimum Gasteiger partial charge on any atom is -0.726 e. The number of anilines is 1. The fourth-order valence-electron chi connectivity index (χ4n) is 2.69. The molecule has 10 nitrogen and oxygen atoms in total. The number of hydrogen-bond donors (Lipinski definition) is 1. The van der Waals surface area contributed by atoms with Crippen LogP contribution in [0.2, 0.25) is 0 Å². The fraction of sp³-hybridized carbons (Fsp3) is 0.350. The second kappa shape index (κ2) is 11.5. The van der Waals surface area contributed by atoms with Crippen LogP contribution in [0, 0.1) is 0 Å². The predicted molar refractivity (Wildman–Crippen MR) is 118 cm³/mol. The lowest BCUT2D eigenvalue weighted by atomic mass is 10.2. The van der Waals surface area contributed by atoms with E-state index in [-0.39, 0.29) is 0 Å². The van der Waals surface area contributed by atoms with Crippen molar-refractivity contribution < 1.29 is 22.2 Å². The molecule has 1 aliphatic rings. The molecular weight excluding hydrogens is 420 g/mol. The second-order valence-electron chi connectivity index (χ2n) is 6.70. The SMILES string of the molecule is CCN(Cc1ccccc1)c1ccc(N=NC2=NC[NH+](C)N2C)cc1.COS(=O)(=O)[O-]. The van der Waals surface area contributed by atoms with Crippen molar-refractivity contribution in [3.05, 3.63) is 60.2 Å². The number of guanidine groups is 1. The van der Waals surface area contributed by atoms with Crippen LogP contribution in [0.5, 0.6) is 0 Å². The normalized spacial score (nSPS) is 16.1. The molecule has 3 rings (SSSR count). The minimum atomic E-state index is -4.41. The van der Waals surface area contributed by atoms with Crippen LogP contribution in [0.15, 0.2) is 69.8 Å². The first-order valence-electron chi connectivity index (χ1n) is 9.66. The highest BCUT2D eigenvalue weighted by atomic mass is 32.3. The van der Waals surface area contributed by atoms with Gasteiger partial charge in [-0.3, -0.25) is 4.18 Å². The van der Waals surface area contributed by atoms with Crippen molar-refractivity contribution >= 4 is 27.7 Å². The van der Waals surface area contributed by atoms with E-state index in [1.807, 2.05) is 37.3 Å². The highest BCUT2D eigenvalue weighted by molar-refractivity contribution is 7.80. The van der Waals surface area contributed by atoms with Gasteiger partial charge in [-0.25, -0.2) is 13.4 Å². The monoisotopic (exact) mass is 448 g/mol. The highest BCUT2D eigenvalue weighted by Crippen LogP contribution is 2.22. The van der Waals surface area contributed by atoms with E-state index in [0.29, 0.717) is 12.6 Å². The number of hydrogen-bond acceptors (Lipinski definition) is 9. The Morgan fingerprint density at radius 3 is 2.26 bits per heavy atom. The molecule has 0 aliphatic carbocycles. The first kappa shape index (κ1) is 24.4. The average molecular weight is 449 g/mol. The third-order valence-corrected chi connectivity index (χ3v) is 5.00. The van der Waals surface area contributed by atoms with Crippen LogP contribution in [0.1, 0.15) is 12.5 Å². The number of benzene rings is 2. The van der Waals surface area contributed by atoms with Gasteiger partial charge in [-0.2, -0.15) is 10.0 Å². The van der Waals surface area contributed by atoms with Gasteiger partial charge in [0.05, 0.1) is 26.9 Å². The number of nitrogens with zero attached hydrogens (tertiary/aromatic N) is 5. The summed E-state index contributed by atoms with van der Waals surface area (Å²) < 4.78 is 31.0. The lowest BCUT2D eigenvalue weighted by molar-refractivity contribution is -0.973. The molecule has 1 heterocycles. The molecule has 168 valence electrons. The molecule has 31 heavy (non-hydrogen) atoms. The molecule has 1 unspecified atom stereocenters. The van der Waals surface area contributed by atoms with E-state index in [1.54, 1.807) is 0 Å². The number of quaternary nitrogens is 1. The molecule has 2 aromatic rings. The molecule has 0 radical (unpaired) electrons. The molecule has 0 spiro atoms. The molecule has 0 saturated heterocycles. The van der Waals surface area contributed by atoms with Gasteiger partial charge >= 0.3 is 0 Å². The summed E-state index contributed by atoms with van der Waals surface area (Å²) in [5.74, 6) is 0.667. The van der Waals surface area contributed by atoms with Crippen molar-refractivity contribution in [2.45, 2.75) is 13.5 Å². The molecule has 2 aromatic carbocycles. The number of nitrogens with one attached hydrogen (secondary N) is 1. The molecular formula is C20H28N6O4S. The summed E-state index contributed by atoms with van der Waals surface area (Å²) in [5, 5.41) is 11.7. The molecule has 0 bridgehead atoms. The third kappa shape index (κ3) is 8.06. The maximum Gasteiger partial charge on any atom is 0.291 e. The smallest absolute Gasteiger partial charge is 0.291 e. The Bertz CT molecular complexity index is 980. The number of rotatable bonds is 6. The van der Waals surface area contributed by atoms with Crippen LogP contribution in [-0.2, 0) is 21.1 Å². The van der Waals surface area contributed by atoms with Gasteiger partial charge in [-0.15, -0.1) is 10.2 Å². The third-order valence-electron chi connectivity index (χ3n) is 4.59. The van der Waals surface area contributed by atoms with E-state index in [9.17, 15) is 13.0 Å². The Labute approximate surface area is 183 Å². The molecule has 0 amide bonds. The lowest BCUT2D eigenvalue weighted by Crippen LogP contribution is -3.13. The van der Waals surface area contributed by atoms with Crippen molar-refractivity contribution in [1.82, 2.24) is 5.01 Å². The minimum absolute atomic E-state index is 0.667. The summed E-state index contributed by atoms with van der Waals surface area (Å²) >= 11 is 0. The molecule has 0 fully saturated rings. The zero-order valence-corrected chi connectivity index (χ0v) is 18.9. The predicted octanol–water partition coefficient (Wildman–Crippen LogP) is 1.58. The largest absolute Gasteiger partial charge is 0.726 e. The summed E-state index contributed by atoms with van der Waals surface area (Å²) in [6, 6.07) is 18.7. The Morgan fingerprint density at radius 2 is 1.77 bits per heavy atom. The lowest BCUT2D eigenvalue weighted by Gasteiger charge is -2.23. The van der Waals surface area contributed by atoms with Crippen molar-refractivity contribution in [3.8, 4) is 0 Å². The molecule has 0 aromatic heterocycles. The Morgan fingerprint density at radius 1 is 1.16 bits per heavy atom. The molecule has 1 atom stereocenters. The summed E-state index contributed by atoms with van der Waals surface area (Å²) in [6.07, 6.45) is 0. The van der Waals surface area contributed by atoms with Crippen LogP contribution < -0.4 is 9.91 Å². The van der Waals surface area contributed by atoms with E-state index in [0.717, 1.165) is 25.9 Å². The Hall–Kier alpha value is -2.86. The highest BCUT2D eigenvalue weighted by Gasteiger charge is 2.21. The van der Waals surface area contributed by atoms with Gasteiger partial charge in [0.25, 0.3) is 5.96 Å². The first-order valence-corrected chi connectivity index (χ1v) is 11.0. The first-order chi connectivity index (χ1) is 14.7. The zero-order valence-electron chi connectivity index (χ0n) is 18.1. The molecule has 0 saturated carbocycles. The van der Waals surface area contributed by atoms with Crippen molar-refractivity contribution in [1.29, 1.82) is 0 Å². The van der Waals surface area contributed by atoms with Crippen LogP contribution in [0.25, 0.3) is 0 Å². The van der Waals surface area contributed by atoms with Crippen molar-refractivity contribution in [3.63, 3.8) is 0 Å². The van der Waals surface area contributed by atoms with Crippen LogP contribution in [0.3, 0.4) is 0 Å². The van der Waals surface area contributed by atoms with Gasteiger partial charge < -0.3 is 9.45 Å². The van der Waals surface area contributed by atoms with Crippen molar-refractivity contribution in [2.24, 2.45) is 15.2 Å². The van der Waals surface area contributed by atoms with Gasteiger partial charge in [-0.05, 0) is 36.8 Å².